The molecular weight excluding hydrogens is 504 g/mol. The number of esters is 1. The smallest absolute Gasteiger partial charge is 0.306 e. The Morgan fingerprint density at radius 2 is 1.85 bits per heavy atom. The van der Waals surface area contributed by atoms with E-state index in [-0.39, 0.29) is 23.7 Å². The molecule has 0 radical (unpaired) electrons. The molecule has 206 valence electrons. The highest BCUT2D eigenvalue weighted by atomic mass is 16.5. The number of likely N-dealkylation sites (tertiary alicyclic amines) is 1. The van der Waals surface area contributed by atoms with Gasteiger partial charge in [-0.25, -0.2) is 0 Å². The normalized spacial score (nSPS) is 19.2. The molecule has 3 aromatic rings. The largest absolute Gasteiger partial charge is 0.502 e. The molecule has 0 amide bonds. The number of pyridine rings is 1. The van der Waals surface area contributed by atoms with Crippen molar-refractivity contribution in [1.29, 1.82) is 0 Å². The van der Waals surface area contributed by atoms with Crippen LogP contribution in [0.2, 0.25) is 0 Å². The molecule has 4 heterocycles. The molecule has 2 bridgehead atoms. The monoisotopic (exact) mass is 536 g/mol. The second-order valence-corrected chi connectivity index (χ2v) is 10.1. The number of methoxy groups -OCH3 is 3. The lowest BCUT2D eigenvalue weighted by atomic mass is 9.83. The summed E-state index contributed by atoms with van der Waals surface area (Å²) in [6, 6.07) is 11.8. The van der Waals surface area contributed by atoms with E-state index < -0.39 is 23.1 Å². The van der Waals surface area contributed by atoms with E-state index in [9.17, 15) is 19.5 Å². The summed E-state index contributed by atoms with van der Waals surface area (Å²) in [5, 5.41) is 10.8. The summed E-state index contributed by atoms with van der Waals surface area (Å²) in [6.45, 7) is 2.47. The molecule has 2 aliphatic heterocycles. The highest BCUT2D eigenvalue weighted by Crippen LogP contribution is 2.39. The molecule has 2 aliphatic rings. The Morgan fingerprint density at radius 1 is 1.05 bits per heavy atom. The van der Waals surface area contributed by atoms with Crippen molar-refractivity contribution in [3.05, 3.63) is 85.8 Å². The standard InChI is InChI=1S/C29H32N2O8/c1-36-24-8-7-18(10-25(24)37-2)21(12-27(34)38-3)29-28(35)23(32)11-20(39-29)16-30-13-17-9-19(15-30)22-5-4-6-26(33)31(22)14-17/h4-8,10-11,17,19,21,35H,9,12-16H2,1-3H3/t17-,19+,21-/m1/s1. The van der Waals surface area contributed by atoms with Gasteiger partial charge >= 0.3 is 5.97 Å². The molecule has 5 rings (SSSR count). The molecule has 0 unspecified atom stereocenters. The van der Waals surface area contributed by atoms with Crippen molar-refractivity contribution in [3.63, 3.8) is 0 Å². The van der Waals surface area contributed by atoms with E-state index in [2.05, 4.69) is 4.90 Å². The fraction of sp³-hybridized carbons (Fsp3) is 0.414. The first-order valence-corrected chi connectivity index (χ1v) is 12.9. The predicted molar refractivity (Wildman–Crippen MR) is 141 cm³/mol. The van der Waals surface area contributed by atoms with Crippen LogP contribution in [-0.4, -0.2) is 55.0 Å². The van der Waals surface area contributed by atoms with Crippen LogP contribution in [0.1, 0.15) is 47.5 Å². The summed E-state index contributed by atoms with van der Waals surface area (Å²) >= 11 is 0. The maximum Gasteiger partial charge on any atom is 0.306 e. The summed E-state index contributed by atoms with van der Waals surface area (Å²) in [4.78, 5) is 39.8. The van der Waals surface area contributed by atoms with Crippen molar-refractivity contribution in [1.82, 2.24) is 9.47 Å². The molecule has 3 atom stereocenters. The first kappa shape index (κ1) is 26.6. The minimum Gasteiger partial charge on any atom is -0.502 e. The van der Waals surface area contributed by atoms with Gasteiger partial charge in [0.15, 0.2) is 17.3 Å². The van der Waals surface area contributed by atoms with Crippen molar-refractivity contribution in [2.45, 2.75) is 37.8 Å². The van der Waals surface area contributed by atoms with Gasteiger partial charge in [-0.05, 0) is 36.1 Å². The van der Waals surface area contributed by atoms with Crippen molar-refractivity contribution in [2.24, 2.45) is 5.92 Å². The van der Waals surface area contributed by atoms with E-state index in [1.54, 1.807) is 30.3 Å². The van der Waals surface area contributed by atoms with Crippen LogP contribution in [0.15, 0.2) is 56.5 Å². The highest BCUT2D eigenvalue weighted by Gasteiger charge is 2.35. The summed E-state index contributed by atoms with van der Waals surface area (Å²) in [5.74, 6) is -0.0699. The maximum absolute atomic E-state index is 12.9. The Hall–Kier alpha value is -4.05. The molecular formula is C29H32N2O8. The molecule has 39 heavy (non-hydrogen) atoms. The van der Waals surface area contributed by atoms with Gasteiger partial charge in [0.2, 0.25) is 11.2 Å². The van der Waals surface area contributed by atoms with Crippen molar-refractivity contribution >= 4 is 5.97 Å². The van der Waals surface area contributed by atoms with Crippen LogP contribution in [0.5, 0.6) is 17.2 Å². The van der Waals surface area contributed by atoms with E-state index >= 15 is 0 Å². The summed E-state index contributed by atoms with van der Waals surface area (Å²) in [5.41, 5.74) is 1.05. The molecule has 10 heteroatoms. The molecule has 2 aromatic heterocycles. The fourth-order valence-corrected chi connectivity index (χ4v) is 5.90. The number of hydrogen-bond acceptors (Lipinski definition) is 9. The van der Waals surface area contributed by atoms with Gasteiger partial charge in [0.25, 0.3) is 5.56 Å². The van der Waals surface area contributed by atoms with Gasteiger partial charge in [0, 0.05) is 43.4 Å². The summed E-state index contributed by atoms with van der Waals surface area (Å²) in [7, 11) is 4.29. The van der Waals surface area contributed by atoms with Crippen molar-refractivity contribution < 1.29 is 28.5 Å². The third-order valence-electron chi connectivity index (χ3n) is 7.66. The van der Waals surface area contributed by atoms with Crippen molar-refractivity contribution in [2.75, 3.05) is 34.4 Å². The van der Waals surface area contributed by atoms with Gasteiger partial charge in [-0.3, -0.25) is 19.3 Å². The molecule has 1 N–H and O–H groups in total. The van der Waals surface area contributed by atoms with Crippen LogP contribution in [-0.2, 0) is 22.6 Å². The molecule has 0 saturated carbocycles. The van der Waals surface area contributed by atoms with Gasteiger partial charge in [0.05, 0.1) is 40.2 Å². The molecule has 1 saturated heterocycles. The third-order valence-corrected chi connectivity index (χ3v) is 7.66. The summed E-state index contributed by atoms with van der Waals surface area (Å²) in [6.07, 6.45) is 0.844. The molecule has 0 aliphatic carbocycles. The lowest BCUT2D eigenvalue weighted by Gasteiger charge is -2.42. The van der Waals surface area contributed by atoms with Crippen LogP contribution in [0.4, 0.5) is 0 Å². The minimum atomic E-state index is -0.801. The number of ether oxygens (including phenoxy) is 3. The SMILES string of the molecule is COC(=O)C[C@H](c1ccc(OC)c(OC)c1)c1oc(CN2C[C@H]3C[C@@H](C2)c2cccc(=O)n2C3)cc(=O)c1O. The number of rotatable bonds is 8. The zero-order valence-corrected chi connectivity index (χ0v) is 22.2. The predicted octanol–water partition coefficient (Wildman–Crippen LogP) is 2.84. The van der Waals surface area contributed by atoms with Crippen LogP contribution in [0, 0.1) is 5.92 Å². The number of hydrogen-bond donors (Lipinski definition) is 1. The first-order chi connectivity index (χ1) is 18.8. The minimum absolute atomic E-state index is 0.00998. The van der Waals surface area contributed by atoms with Gasteiger partial charge in [-0.1, -0.05) is 12.1 Å². The van der Waals surface area contributed by atoms with Gasteiger partial charge < -0.3 is 28.3 Å². The molecule has 10 nitrogen and oxygen atoms in total. The number of fused-ring (bicyclic) bond motifs is 4. The zero-order valence-electron chi connectivity index (χ0n) is 22.2. The van der Waals surface area contributed by atoms with Gasteiger partial charge in [-0.2, -0.15) is 0 Å². The average molecular weight is 537 g/mol. The van der Waals surface area contributed by atoms with E-state index in [0.717, 1.165) is 18.7 Å². The number of carbonyl (C=O) groups excluding carboxylic acids is 1. The van der Waals surface area contributed by atoms with Crippen molar-refractivity contribution in [3.8, 4) is 17.2 Å². The van der Waals surface area contributed by atoms with E-state index in [0.29, 0.717) is 48.4 Å². The molecule has 0 spiro atoms. The van der Waals surface area contributed by atoms with Crippen LogP contribution < -0.4 is 20.5 Å². The van der Waals surface area contributed by atoms with Crippen LogP contribution >= 0.6 is 0 Å². The quantitative estimate of drug-likeness (QED) is 0.433. The van der Waals surface area contributed by atoms with E-state index in [1.807, 2.05) is 10.6 Å². The lowest BCUT2D eigenvalue weighted by Crippen LogP contribution is -2.46. The molecule has 1 aromatic carbocycles. The van der Waals surface area contributed by atoms with Gasteiger partial charge in [-0.15, -0.1) is 0 Å². The Bertz CT molecular complexity index is 1490. The Balaban J connectivity index is 1.47. The topological polar surface area (TPSA) is 120 Å². The number of aromatic nitrogens is 1. The fourth-order valence-electron chi connectivity index (χ4n) is 5.90. The van der Waals surface area contributed by atoms with E-state index in [4.69, 9.17) is 18.6 Å². The second-order valence-electron chi connectivity index (χ2n) is 10.1. The maximum atomic E-state index is 12.9. The number of aromatic hydroxyl groups is 1. The highest BCUT2D eigenvalue weighted by molar-refractivity contribution is 5.71. The number of carbonyl (C=O) groups is 1. The number of piperidine rings is 1. The average Bonchev–Trinajstić information content (AvgIpc) is 2.93. The van der Waals surface area contributed by atoms with Gasteiger partial charge in [0.1, 0.15) is 5.76 Å². The van der Waals surface area contributed by atoms with E-state index in [1.165, 1.54) is 27.4 Å². The Morgan fingerprint density at radius 3 is 2.59 bits per heavy atom. The number of benzene rings is 1. The summed E-state index contributed by atoms with van der Waals surface area (Å²) < 4.78 is 23.7. The second kappa shape index (κ2) is 11.0. The first-order valence-electron chi connectivity index (χ1n) is 12.9. The Kier molecular flexibility index (Phi) is 7.47. The number of nitrogens with zero attached hydrogens (tertiary/aromatic N) is 2. The zero-order chi connectivity index (χ0) is 27.7. The Labute approximate surface area is 225 Å². The third kappa shape index (κ3) is 5.29. The van der Waals surface area contributed by atoms with Crippen LogP contribution in [0.3, 0.4) is 0 Å². The lowest BCUT2D eigenvalue weighted by molar-refractivity contribution is -0.140. The molecule has 1 fully saturated rings. The van der Waals surface area contributed by atoms with Crippen LogP contribution in [0.25, 0.3) is 0 Å².